The van der Waals surface area contributed by atoms with Gasteiger partial charge in [-0.15, -0.1) is 12.8 Å². The first-order valence-corrected chi connectivity index (χ1v) is 5.07. The second kappa shape index (κ2) is 7.09. The van der Waals surface area contributed by atoms with Crippen molar-refractivity contribution >= 4 is 12.2 Å². The Balaban J connectivity index is 0.000000606. The topological polar surface area (TPSA) is 0 Å². The van der Waals surface area contributed by atoms with Crippen LogP contribution in [0.4, 0.5) is 0 Å². The summed E-state index contributed by atoms with van der Waals surface area (Å²) in [6, 6.07) is 20.6. The molecule has 0 atom stereocenters. The predicted octanol–water partition coefficient (Wildman–Crippen LogP) is 4.11. The minimum Gasteiger partial charge on any atom is -0.124 e. The smallest absolute Gasteiger partial charge is 0.0256 e. The van der Waals surface area contributed by atoms with Gasteiger partial charge in [-0.05, 0) is 11.1 Å². The van der Waals surface area contributed by atoms with E-state index in [1.165, 1.54) is 11.1 Å². The van der Waals surface area contributed by atoms with Crippen molar-refractivity contribution in [1.82, 2.24) is 0 Å². The molecule has 2 aromatic rings. The summed E-state index contributed by atoms with van der Waals surface area (Å²) in [6.07, 6.45) is 12.2. The largest absolute Gasteiger partial charge is 0.124 e. The van der Waals surface area contributed by atoms with Crippen LogP contribution in [0.3, 0.4) is 0 Å². The lowest BCUT2D eigenvalue weighted by atomic mass is 10.1. The number of rotatable bonds is 2. The monoisotopic (exact) mass is 206 g/mol. The van der Waals surface area contributed by atoms with E-state index in [1.54, 1.807) is 0 Å². The highest BCUT2D eigenvalue weighted by Crippen LogP contribution is 2.06. The summed E-state index contributed by atoms with van der Waals surface area (Å²) in [5, 5.41) is 0. The standard InChI is InChI=1S/C14H12.C2H2/c1-3-7-13(8-4-1)11-12-14-9-5-2-6-10-14;1-2/h1-12H;1-2H. The third kappa shape index (κ3) is 3.86. The molecule has 0 spiro atoms. The molecule has 0 saturated heterocycles. The third-order valence-corrected chi connectivity index (χ3v) is 2.07. The van der Waals surface area contributed by atoms with Gasteiger partial charge in [0.2, 0.25) is 0 Å². The van der Waals surface area contributed by atoms with Gasteiger partial charge in [0.05, 0.1) is 0 Å². The summed E-state index contributed by atoms with van der Waals surface area (Å²) < 4.78 is 0. The second-order valence-electron chi connectivity index (χ2n) is 3.15. The number of benzene rings is 2. The van der Waals surface area contributed by atoms with Gasteiger partial charge in [-0.2, -0.15) is 0 Å². The maximum atomic E-state index is 4.00. The van der Waals surface area contributed by atoms with Crippen molar-refractivity contribution in [2.45, 2.75) is 0 Å². The number of hydrogen-bond donors (Lipinski definition) is 0. The molecule has 2 rings (SSSR count). The van der Waals surface area contributed by atoms with Crippen LogP contribution in [0.15, 0.2) is 60.7 Å². The van der Waals surface area contributed by atoms with E-state index in [9.17, 15) is 0 Å². The third-order valence-electron chi connectivity index (χ3n) is 2.07. The van der Waals surface area contributed by atoms with E-state index in [-0.39, 0.29) is 0 Å². The van der Waals surface area contributed by atoms with Crippen LogP contribution in [0.25, 0.3) is 12.2 Å². The quantitative estimate of drug-likeness (QED) is 0.512. The molecular formula is C16H14. The van der Waals surface area contributed by atoms with Gasteiger partial charge in [-0.1, -0.05) is 72.8 Å². The molecule has 0 aliphatic rings. The van der Waals surface area contributed by atoms with Gasteiger partial charge in [-0.25, -0.2) is 0 Å². The maximum Gasteiger partial charge on any atom is -0.0256 e. The van der Waals surface area contributed by atoms with Gasteiger partial charge in [0.15, 0.2) is 0 Å². The van der Waals surface area contributed by atoms with E-state index in [2.05, 4.69) is 49.3 Å². The Kier molecular flexibility index (Phi) is 5.23. The first-order chi connectivity index (χ1) is 7.95. The van der Waals surface area contributed by atoms with E-state index in [0.29, 0.717) is 0 Å². The zero-order valence-corrected chi connectivity index (χ0v) is 9.08. The SMILES string of the molecule is C#C.C(=Cc1ccccc1)c1ccccc1. The lowest BCUT2D eigenvalue weighted by Crippen LogP contribution is -1.70. The summed E-state index contributed by atoms with van der Waals surface area (Å²) in [5.74, 6) is 0. The van der Waals surface area contributed by atoms with Crippen molar-refractivity contribution in [1.29, 1.82) is 0 Å². The first kappa shape index (κ1) is 11.8. The van der Waals surface area contributed by atoms with Gasteiger partial charge >= 0.3 is 0 Å². The molecule has 78 valence electrons. The molecular weight excluding hydrogens is 192 g/mol. The van der Waals surface area contributed by atoms with Crippen molar-refractivity contribution in [3.05, 3.63) is 71.8 Å². The van der Waals surface area contributed by atoms with Crippen LogP contribution in [0.5, 0.6) is 0 Å². The Morgan fingerprint density at radius 3 is 1.19 bits per heavy atom. The predicted molar refractivity (Wildman–Crippen MR) is 71.7 cm³/mol. The molecule has 0 heterocycles. The van der Waals surface area contributed by atoms with Gasteiger partial charge in [0.1, 0.15) is 0 Å². The molecule has 0 bridgehead atoms. The van der Waals surface area contributed by atoms with Gasteiger partial charge in [-0.3, -0.25) is 0 Å². The molecule has 0 saturated carbocycles. The van der Waals surface area contributed by atoms with Crippen molar-refractivity contribution in [2.75, 3.05) is 0 Å². The number of hydrogen-bond acceptors (Lipinski definition) is 0. The van der Waals surface area contributed by atoms with Gasteiger partial charge in [0.25, 0.3) is 0 Å². The minimum absolute atomic E-state index is 1.23. The molecule has 0 N–H and O–H groups in total. The van der Waals surface area contributed by atoms with Crippen LogP contribution in [0.2, 0.25) is 0 Å². The summed E-state index contributed by atoms with van der Waals surface area (Å²) >= 11 is 0. The van der Waals surface area contributed by atoms with E-state index in [0.717, 1.165) is 0 Å². The zero-order chi connectivity index (χ0) is 11.6. The van der Waals surface area contributed by atoms with Crippen molar-refractivity contribution < 1.29 is 0 Å². The van der Waals surface area contributed by atoms with E-state index >= 15 is 0 Å². The van der Waals surface area contributed by atoms with E-state index < -0.39 is 0 Å². The molecule has 2 aromatic carbocycles. The molecule has 0 amide bonds. The Morgan fingerprint density at radius 1 is 0.562 bits per heavy atom. The normalized spacial score (nSPS) is 9.38. The van der Waals surface area contributed by atoms with Crippen molar-refractivity contribution in [3.63, 3.8) is 0 Å². The maximum absolute atomic E-state index is 4.00. The minimum atomic E-state index is 1.23. The van der Waals surface area contributed by atoms with Crippen LogP contribution >= 0.6 is 0 Å². The Hall–Kier alpha value is -2.26. The average Bonchev–Trinajstić information content (AvgIpc) is 2.41. The Bertz CT molecular complexity index is 394. The van der Waals surface area contributed by atoms with Crippen molar-refractivity contribution in [2.24, 2.45) is 0 Å². The van der Waals surface area contributed by atoms with E-state index in [1.807, 2.05) is 36.4 Å². The molecule has 0 aliphatic heterocycles. The molecule has 16 heavy (non-hydrogen) atoms. The van der Waals surface area contributed by atoms with Crippen molar-refractivity contribution in [3.8, 4) is 12.8 Å². The van der Waals surface area contributed by atoms with Crippen LogP contribution in [0.1, 0.15) is 11.1 Å². The van der Waals surface area contributed by atoms with Crippen LogP contribution in [-0.2, 0) is 0 Å². The fourth-order valence-electron chi connectivity index (χ4n) is 1.32. The molecule has 0 radical (unpaired) electrons. The average molecular weight is 206 g/mol. The second-order valence-corrected chi connectivity index (χ2v) is 3.15. The number of terminal acetylenes is 1. The van der Waals surface area contributed by atoms with Crippen LogP contribution in [-0.4, -0.2) is 0 Å². The highest BCUT2D eigenvalue weighted by atomic mass is 13.9. The lowest BCUT2D eigenvalue weighted by molar-refractivity contribution is 1.65. The lowest BCUT2D eigenvalue weighted by Gasteiger charge is -1.92. The Labute approximate surface area is 97.3 Å². The van der Waals surface area contributed by atoms with Gasteiger partial charge in [0, 0.05) is 0 Å². The van der Waals surface area contributed by atoms with Crippen LogP contribution < -0.4 is 0 Å². The molecule has 0 heteroatoms. The zero-order valence-electron chi connectivity index (χ0n) is 9.08. The molecule has 0 fully saturated rings. The summed E-state index contributed by atoms with van der Waals surface area (Å²) in [7, 11) is 0. The fourth-order valence-corrected chi connectivity index (χ4v) is 1.32. The summed E-state index contributed by atoms with van der Waals surface area (Å²) in [4.78, 5) is 0. The van der Waals surface area contributed by atoms with Gasteiger partial charge < -0.3 is 0 Å². The summed E-state index contributed by atoms with van der Waals surface area (Å²) in [6.45, 7) is 0. The van der Waals surface area contributed by atoms with E-state index in [4.69, 9.17) is 0 Å². The summed E-state index contributed by atoms with van der Waals surface area (Å²) in [5.41, 5.74) is 2.47. The first-order valence-electron chi connectivity index (χ1n) is 5.07. The highest BCUT2D eigenvalue weighted by Gasteiger charge is 1.84. The fraction of sp³-hybridized carbons (Fsp3) is 0. The highest BCUT2D eigenvalue weighted by molar-refractivity contribution is 5.69. The van der Waals surface area contributed by atoms with Crippen LogP contribution in [0, 0.1) is 12.8 Å². The molecule has 0 nitrogen and oxygen atoms in total. The molecule has 0 aromatic heterocycles. The molecule has 0 unspecified atom stereocenters. The Morgan fingerprint density at radius 2 is 0.875 bits per heavy atom. The molecule has 0 aliphatic carbocycles.